The van der Waals surface area contributed by atoms with Crippen molar-refractivity contribution in [3.05, 3.63) is 0 Å². The van der Waals surface area contributed by atoms with Crippen LogP contribution in [0.5, 0.6) is 0 Å². The number of carboxylic acids is 2. The van der Waals surface area contributed by atoms with E-state index in [1.165, 1.54) is 0 Å². The van der Waals surface area contributed by atoms with Gasteiger partial charge in [-0.3, -0.25) is 19.6 Å². The van der Waals surface area contributed by atoms with Gasteiger partial charge < -0.3 is 43.8 Å². The molecule has 12 N–H and O–H groups in total. The standard InChI is InChI=1S/2C6H12N4O2/c2*7-4(5(11)12)1-3-2-9-6(8)10-3/h2*3-4H,1-2,7H2,(H,11,12)(H3,8,9,10)/t3?,4-;3-,4+/m01/s1. The maximum absolute atomic E-state index is 10.3. The molecule has 2 heterocycles. The molecule has 0 aromatic heterocycles. The molecule has 0 amide bonds. The molecule has 0 fully saturated rings. The highest BCUT2D eigenvalue weighted by molar-refractivity contribution is 5.80. The first-order chi connectivity index (χ1) is 11.2. The first-order valence-corrected chi connectivity index (χ1v) is 7.28. The molecule has 0 aliphatic carbocycles. The van der Waals surface area contributed by atoms with E-state index in [4.69, 9.17) is 33.1 Å². The maximum Gasteiger partial charge on any atom is 0.320 e. The van der Waals surface area contributed by atoms with Crippen molar-refractivity contribution in [2.45, 2.75) is 37.0 Å². The predicted molar refractivity (Wildman–Crippen MR) is 87.3 cm³/mol. The molecule has 0 spiro atoms. The molecule has 2 rings (SSSR count). The number of aliphatic imine (C=N–C) groups is 2. The average molecular weight is 344 g/mol. The van der Waals surface area contributed by atoms with Crippen molar-refractivity contribution in [1.29, 1.82) is 0 Å². The number of nitrogens with zero attached hydrogens (tertiary/aromatic N) is 2. The molecule has 0 saturated carbocycles. The molecule has 0 bridgehead atoms. The number of hydrogen-bond acceptors (Lipinski definition) is 10. The Hall–Kier alpha value is -2.60. The summed E-state index contributed by atoms with van der Waals surface area (Å²) in [6.07, 6.45) is 0.694. The lowest BCUT2D eigenvalue weighted by atomic mass is 10.1. The van der Waals surface area contributed by atoms with Crippen molar-refractivity contribution in [3.63, 3.8) is 0 Å². The Bertz CT molecular complexity index is 477. The quantitative estimate of drug-likeness (QED) is 0.234. The molecule has 0 aromatic rings. The molecule has 2 aliphatic rings. The average Bonchev–Trinajstić information content (AvgIpc) is 3.08. The summed E-state index contributed by atoms with van der Waals surface area (Å²) in [5.74, 6) is -1.28. The zero-order valence-electron chi connectivity index (χ0n) is 13.1. The number of rotatable bonds is 6. The van der Waals surface area contributed by atoms with Gasteiger partial charge in [0.1, 0.15) is 12.1 Å². The molecule has 0 saturated heterocycles. The Balaban J connectivity index is 0.000000240. The maximum atomic E-state index is 10.3. The van der Waals surface area contributed by atoms with Crippen LogP contribution in [0.4, 0.5) is 0 Å². The Labute approximate surface area is 138 Å². The molecule has 0 aromatic carbocycles. The second-order valence-electron chi connectivity index (χ2n) is 5.50. The minimum absolute atomic E-state index is 0.0314. The third-order valence-corrected chi connectivity index (χ3v) is 3.38. The molecular formula is C12H24N8O4. The Kier molecular flexibility index (Phi) is 7.20. The Morgan fingerprint density at radius 3 is 1.50 bits per heavy atom. The van der Waals surface area contributed by atoms with E-state index in [1.807, 2.05) is 0 Å². The van der Waals surface area contributed by atoms with Gasteiger partial charge in [-0.05, 0) is 12.8 Å². The van der Waals surface area contributed by atoms with Crippen molar-refractivity contribution in [3.8, 4) is 0 Å². The van der Waals surface area contributed by atoms with Gasteiger partial charge in [0, 0.05) is 0 Å². The summed E-state index contributed by atoms with van der Waals surface area (Å²) in [5, 5.41) is 22.6. The van der Waals surface area contributed by atoms with Crippen LogP contribution in [0.3, 0.4) is 0 Å². The SMILES string of the molecule is NC1=NCC(C[C@H](N)C(=O)O)N1.NC1=NC[C@@H](C[C@H](N)C(=O)O)N1. The van der Waals surface area contributed by atoms with E-state index >= 15 is 0 Å². The summed E-state index contributed by atoms with van der Waals surface area (Å²) in [4.78, 5) is 28.4. The van der Waals surface area contributed by atoms with Gasteiger partial charge in [0.25, 0.3) is 0 Å². The van der Waals surface area contributed by atoms with Crippen LogP contribution in [-0.4, -0.2) is 71.3 Å². The number of guanidine groups is 2. The largest absolute Gasteiger partial charge is 0.480 e. The van der Waals surface area contributed by atoms with Crippen LogP contribution < -0.4 is 33.6 Å². The third-order valence-electron chi connectivity index (χ3n) is 3.38. The zero-order valence-corrected chi connectivity index (χ0v) is 13.1. The van der Waals surface area contributed by atoms with Crippen molar-refractivity contribution >= 4 is 23.9 Å². The van der Waals surface area contributed by atoms with Gasteiger partial charge >= 0.3 is 11.9 Å². The molecule has 12 nitrogen and oxygen atoms in total. The Morgan fingerprint density at radius 1 is 0.958 bits per heavy atom. The minimum atomic E-state index is -0.998. The van der Waals surface area contributed by atoms with E-state index in [9.17, 15) is 9.59 Å². The summed E-state index contributed by atoms with van der Waals surface area (Å²) in [7, 11) is 0. The molecule has 1 unspecified atom stereocenters. The second-order valence-corrected chi connectivity index (χ2v) is 5.50. The molecule has 2 aliphatic heterocycles. The first kappa shape index (κ1) is 19.4. The highest BCUT2D eigenvalue weighted by Crippen LogP contribution is 2.02. The van der Waals surface area contributed by atoms with Gasteiger partial charge in [-0.25, -0.2) is 0 Å². The molecule has 0 radical (unpaired) electrons. The van der Waals surface area contributed by atoms with E-state index in [0.29, 0.717) is 37.9 Å². The first-order valence-electron chi connectivity index (χ1n) is 7.28. The summed E-state index contributed by atoms with van der Waals surface area (Å²) >= 11 is 0. The van der Waals surface area contributed by atoms with Gasteiger partial charge in [-0.15, -0.1) is 0 Å². The minimum Gasteiger partial charge on any atom is -0.480 e. The van der Waals surface area contributed by atoms with Crippen molar-refractivity contribution in [2.75, 3.05) is 13.1 Å². The van der Waals surface area contributed by atoms with Gasteiger partial charge in [-0.1, -0.05) is 0 Å². The van der Waals surface area contributed by atoms with Crippen LogP contribution in [0.2, 0.25) is 0 Å². The van der Waals surface area contributed by atoms with Gasteiger partial charge in [0.05, 0.1) is 25.2 Å². The highest BCUT2D eigenvalue weighted by atomic mass is 16.4. The smallest absolute Gasteiger partial charge is 0.320 e. The van der Waals surface area contributed by atoms with Crippen LogP contribution in [0.1, 0.15) is 12.8 Å². The van der Waals surface area contributed by atoms with Crippen LogP contribution in [0.15, 0.2) is 9.98 Å². The molecular weight excluding hydrogens is 320 g/mol. The van der Waals surface area contributed by atoms with E-state index < -0.39 is 24.0 Å². The number of hydrogen-bond donors (Lipinski definition) is 8. The van der Waals surface area contributed by atoms with Crippen LogP contribution in [-0.2, 0) is 9.59 Å². The number of nitrogens with two attached hydrogens (primary N) is 4. The van der Waals surface area contributed by atoms with Gasteiger partial charge in [-0.2, -0.15) is 0 Å². The van der Waals surface area contributed by atoms with Gasteiger partial charge in [0.2, 0.25) is 0 Å². The van der Waals surface area contributed by atoms with Crippen LogP contribution >= 0.6 is 0 Å². The highest BCUT2D eigenvalue weighted by Gasteiger charge is 2.22. The fourth-order valence-electron chi connectivity index (χ4n) is 2.10. The Morgan fingerprint density at radius 2 is 1.29 bits per heavy atom. The van der Waals surface area contributed by atoms with E-state index in [1.54, 1.807) is 0 Å². The summed E-state index contributed by atoms with van der Waals surface area (Å²) in [6.45, 7) is 1.01. The molecule has 4 atom stereocenters. The van der Waals surface area contributed by atoms with E-state index in [2.05, 4.69) is 20.6 Å². The van der Waals surface area contributed by atoms with Gasteiger partial charge in [0.15, 0.2) is 11.9 Å². The molecule has 12 heteroatoms. The number of carbonyl (C=O) groups is 2. The van der Waals surface area contributed by atoms with E-state index in [0.717, 1.165) is 0 Å². The van der Waals surface area contributed by atoms with E-state index in [-0.39, 0.29) is 12.1 Å². The zero-order chi connectivity index (χ0) is 18.3. The van der Waals surface area contributed by atoms with Crippen molar-refractivity contribution in [1.82, 2.24) is 10.6 Å². The molecule has 24 heavy (non-hydrogen) atoms. The lowest BCUT2D eigenvalue weighted by molar-refractivity contribution is -0.139. The van der Waals surface area contributed by atoms with Crippen molar-refractivity contribution in [2.24, 2.45) is 32.9 Å². The lowest BCUT2D eigenvalue weighted by Gasteiger charge is -2.12. The van der Waals surface area contributed by atoms with Crippen LogP contribution in [0.25, 0.3) is 0 Å². The summed E-state index contributed by atoms with van der Waals surface area (Å²) in [6, 6.07) is -1.75. The number of carboxylic acid groups (broad SMARTS) is 2. The number of aliphatic carboxylic acids is 2. The molecule has 136 valence electrons. The predicted octanol–water partition coefficient (Wildman–Crippen LogP) is -3.85. The summed E-state index contributed by atoms with van der Waals surface area (Å²) in [5.41, 5.74) is 21.3. The monoisotopic (exact) mass is 344 g/mol. The fraction of sp³-hybridized carbons (Fsp3) is 0.667. The lowest BCUT2D eigenvalue weighted by Crippen LogP contribution is -2.41. The topological polar surface area (TPSA) is 227 Å². The fourth-order valence-corrected chi connectivity index (χ4v) is 2.10. The third kappa shape index (κ3) is 6.66. The van der Waals surface area contributed by atoms with Crippen LogP contribution in [0, 0.1) is 0 Å². The van der Waals surface area contributed by atoms with Crippen molar-refractivity contribution < 1.29 is 19.8 Å². The number of nitrogens with one attached hydrogen (secondary N) is 2. The second kappa shape index (κ2) is 8.88. The normalized spacial score (nSPS) is 24.4. The summed E-state index contributed by atoms with van der Waals surface area (Å²) < 4.78 is 0.